The highest BCUT2D eigenvalue weighted by molar-refractivity contribution is 6.35. The second-order valence-corrected chi connectivity index (χ2v) is 6.52. The molecule has 1 aromatic rings. The van der Waals surface area contributed by atoms with E-state index >= 15 is 0 Å². The summed E-state index contributed by atoms with van der Waals surface area (Å²) >= 11 is 12.1. The number of benzene rings is 1. The lowest BCUT2D eigenvalue weighted by atomic mass is 10.1. The highest BCUT2D eigenvalue weighted by Gasteiger charge is 2.16. The Balaban J connectivity index is 1.89. The standard InChI is InChI=1S/C16H22Cl2N4O/c1-11(13-6-5-12(17)9-14(13)18)21-16(19)20-10-15(23)22-7-3-2-4-8-22/h5-6,9,11H,2-4,7-8,10H2,1H3,(H3,19,20,21). The molecule has 1 amide bonds. The fourth-order valence-corrected chi connectivity index (χ4v) is 3.17. The Morgan fingerprint density at radius 2 is 2.04 bits per heavy atom. The zero-order chi connectivity index (χ0) is 16.8. The molecule has 23 heavy (non-hydrogen) atoms. The van der Waals surface area contributed by atoms with Gasteiger partial charge >= 0.3 is 0 Å². The molecule has 7 heteroatoms. The number of carbonyl (C=O) groups is 1. The molecule has 0 saturated carbocycles. The number of hydrogen-bond donors (Lipinski definition) is 2. The van der Waals surface area contributed by atoms with Gasteiger partial charge in [0, 0.05) is 23.1 Å². The van der Waals surface area contributed by atoms with E-state index in [1.54, 1.807) is 12.1 Å². The van der Waals surface area contributed by atoms with Crippen molar-refractivity contribution in [3.05, 3.63) is 33.8 Å². The minimum Gasteiger partial charge on any atom is -0.370 e. The summed E-state index contributed by atoms with van der Waals surface area (Å²) in [5.74, 6) is 0.250. The maximum Gasteiger partial charge on any atom is 0.244 e. The van der Waals surface area contributed by atoms with Crippen molar-refractivity contribution in [2.24, 2.45) is 10.7 Å². The average Bonchev–Trinajstić information content (AvgIpc) is 2.53. The van der Waals surface area contributed by atoms with Crippen LogP contribution in [0, 0.1) is 0 Å². The molecule has 1 aliphatic heterocycles. The van der Waals surface area contributed by atoms with Crippen LogP contribution in [0.15, 0.2) is 23.2 Å². The molecule has 3 N–H and O–H groups in total. The SMILES string of the molecule is CC(NC(N)=NCC(=O)N1CCCCC1)c1ccc(Cl)cc1Cl. The zero-order valence-corrected chi connectivity index (χ0v) is 14.7. The lowest BCUT2D eigenvalue weighted by Crippen LogP contribution is -2.39. The molecule has 126 valence electrons. The predicted octanol–water partition coefficient (Wildman–Crippen LogP) is 2.97. The van der Waals surface area contributed by atoms with Gasteiger partial charge in [-0.25, -0.2) is 4.99 Å². The van der Waals surface area contributed by atoms with Crippen LogP contribution < -0.4 is 11.1 Å². The highest BCUT2D eigenvalue weighted by atomic mass is 35.5. The second-order valence-electron chi connectivity index (χ2n) is 5.67. The fourth-order valence-electron chi connectivity index (χ4n) is 2.59. The molecule has 0 radical (unpaired) electrons. The number of nitrogens with two attached hydrogens (primary N) is 1. The van der Waals surface area contributed by atoms with Crippen molar-refractivity contribution in [1.82, 2.24) is 10.2 Å². The first-order chi connectivity index (χ1) is 11.0. The van der Waals surface area contributed by atoms with Gasteiger partial charge in [-0.1, -0.05) is 29.3 Å². The molecule has 0 bridgehead atoms. The summed E-state index contributed by atoms with van der Waals surface area (Å²) in [6.45, 7) is 3.63. The number of guanidine groups is 1. The Morgan fingerprint density at radius 1 is 1.35 bits per heavy atom. The minimum absolute atomic E-state index is 0.0200. The summed E-state index contributed by atoms with van der Waals surface area (Å²) in [5, 5.41) is 4.19. The van der Waals surface area contributed by atoms with Gasteiger partial charge < -0.3 is 16.0 Å². The summed E-state index contributed by atoms with van der Waals surface area (Å²) in [7, 11) is 0. The van der Waals surface area contributed by atoms with E-state index < -0.39 is 0 Å². The number of halogens is 2. The Bertz CT molecular complexity index is 585. The number of piperidine rings is 1. The summed E-state index contributed by atoms with van der Waals surface area (Å²) in [6, 6.07) is 5.17. The van der Waals surface area contributed by atoms with Crippen molar-refractivity contribution in [2.75, 3.05) is 19.6 Å². The molecule has 0 aromatic heterocycles. The van der Waals surface area contributed by atoms with Gasteiger partial charge in [-0.3, -0.25) is 4.79 Å². The summed E-state index contributed by atoms with van der Waals surface area (Å²) < 4.78 is 0. The van der Waals surface area contributed by atoms with Gasteiger partial charge in [0.25, 0.3) is 0 Å². The molecule has 2 rings (SSSR count). The quantitative estimate of drug-likeness (QED) is 0.643. The van der Waals surface area contributed by atoms with Crippen molar-refractivity contribution >= 4 is 35.1 Å². The van der Waals surface area contributed by atoms with E-state index in [0.29, 0.717) is 10.0 Å². The highest BCUT2D eigenvalue weighted by Crippen LogP contribution is 2.25. The van der Waals surface area contributed by atoms with Crippen molar-refractivity contribution in [2.45, 2.75) is 32.2 Å². The molecule has 1 aromatic carbocycles. The van der Waals surface area contributed by atoms with Crippen molar-refractivity contribution < 1.29 is 4.79 Å². The summed E-state index contributed by atoms with van der Waals surface area (Å²) in [4.78, 5) is 18.0. The van der Waals surface area contributed by atoms with Crippen LogP contribution in [-0.4, -0.2) is 36.4 Å². The predicted molar refractivity (Wildman–Crippen MR) is 94.9 cm³/mol. The molecule has 0 spiro atoms. The van der Waals surface area contributed by atoms with Crippen molar-refractivity contribution in [3.8, 4) is 0 Å². The number of carbonyl (C=O) groups excluding carboxylic acids is 1. The molecule has 5 nitrogen and oxygen atoms in total. The molecular weight excluding hydrogens is 335 g/mol. The topological polar surface area (TPSA) is 70.7 Å². The van der Waals surface area contributed by atoms with Crippen LogP contribution in [0.3, 0.4) is 0 Å². The molecule has 1 saturated heterocycles. The van der Waals surface area contributed by atoms with Crippen LogP contribution in [-0.2, 0) is 4.79 Å². The first-order valence-electron chi connectivity index (χ1n) is 7.76. The Labute approximate surface area is 146 Å². The summed E-state index contributed by atoms with van der Waals surface area (Å²) in [6.07, 6.45) is 3.32. The first kappa shape index (κ1) is 17.9. The Kier molecular flexibility index (Phi) is 6.54. The molecule has 1 unspecified atom stereocenters. The van der Waals surface area contributed by atoms with Gasteiger partial charge in [0.15, 0.2) is 5.96 Å². The number of nitrogens with zero attached hydrogens (tertiary/aromatic N) is 2. The van der Waals surface area contributed by atoms with Gasteiger partial charge in [0.05, 0.1) is 6.04 Å². The molecule has 1 heterocycles. The van der Waals surface area contributed by atoms with Gasteiger partial charge in [-0.15, -0.1) is 0 Å². The van der Waals surface area contributed by atoms with Crippen molar-refractivity contribution in [1.29, 1.82) is 0 Å². The number of amides is 1. The van der Waals surface area contributed by atoms with Crippen molar-refractivity contribution in [3.63, 3.8) is 0 Å². The molecule has 1 fully saturated rings. The third kappa shape index (κ3) is 5.29. The molecule has 1 atom stereocenters. The van der Waals surface area contributed by atoms with Gasteiger partial charge in [0.2, 0.25) is 5.91 Å². The number of hydrogen-bond acceptors (Lipinski definition) is 2. The van der Waals surface area contributed by atoms with E-state index in [4.69, 9.17) is 28.9 Å². The third-order valence-corrected chi connectivity index (χ3v) is 4.45. The first-order valence-corrected chi connectivity index (χ1v) is 8.52. The van der Waals surface area contributed by atoms with E-state index in [-0.39, 0.29) is 24.5 Å². The van der Waals surface area contributed by atoms with E-state index in [1.807, 2.05) is 17.9 Å². The lowest BCUT2D eigenvalue weighted by molar-refractivity contribution is -0.130. The van der Waals surface area contributed by atoms with Gasteiger partial charge in [-0.2, -0.15) is 0 Å². The average molecular weight is 357 g/mol. The van der Waals surface area contributed by atoms with E-state index in [1.165, 1.54) is 6.42 Å². The Morgan fingerprint density at radius 3 is 2.70 bits per heavy atom. The van der Waals surface area contributed by atoms with Crippen LogP contribution in [0.25, 0.3) is 0 Å². The second kappa shape index (κ2) is 8.41. The Hall–Kier alpha value is -1.46. The van der Waals surface area contributed by atoms with E-state index in [9.17, 15) is 4.79 Å². The van der Waals surface area contributed by atoms with Gasteiger partial charge in [-0.05, 0) is 43.9 Å². The van der Waals surface area contributed by atoms with Crippen LogP contribution >= 0.6 is 23.2 Å². The largest absolute Gasteiger partial charge is 0.370 e. The minimum atomic E-state index is -0.131. The molecule has 1 aliphatic rings. The molecular formula is C16H22Cl2N4O. The van der Waals surface area contributed by atoms with Crippen LogP contribution in [0.2, 0.25) is 10.0 Å². The maximum absolute atomic E-state index is 12.0. The number of aliphatic imine (C=N–C) groups is 1. The smallest absolute Gasteiger partial charge is 0.244 e. The van der Waals surface area contributed by atoms with E-state index in [0.717, 1.165) is 31.5 Å². The van der Waals surface area contributed by atoms with Crippen LogP contribution in [0.1, 0.15) is 37.8 Å². The monoisotopic (exact) mass is 356 g/mol. The number of rotatable bonds is 4. The zero-order valence-electron chi connectivity index (χ0n) is 13.2. The third-order valence-electron chi connectivity index (χ3n) is 3.89. The summed E-state index contributed by atoms with van der Waals surface area (Å²) in [5.41, 5.74) is 6.74. The molecule has 0 aliphatic carbocycles. The number of nitrogens with one attached hydrogen (secondary N) is 1. The van der Waals surface area contributed by atoms with E-state index in [2.05, 4.69) is 10.3 Å². The van der Waals surface area contributed by atoms with Crippen LogP contribution in [0.5, 0.6) is 0 Å². The maximum atomic E-state index is 12.0. The lowest BCUT2D eigenvalue weighted by Gasteiger charge is -2.26. The van der Waals surface area contributed by atoms with Crippen LogP contribution in [0.4, 0.5) is 0 Å². The fraction of sp³-hybridized carbons (Fsp3) is 0.500. The number of likely N-dealkylation sites (tertiary alicyclic amines) is 1. The normalized spacial score (nSPS) is 17.0. The van der Waals surface area contributed by atoms with Gasteiger partial charge in [0.1, 0.15) is 6.54 Å².